The van der Waals surface area contributed by atoms with Crippen LogP contribution in [0.15, 0.2) is 41.3 Å². The van der Waals surface area contributed by atoms with Gasteiger partial charge in [-0.3, -0.25) is 9.59 Å². The number of hydrogen-bond donors (Lipinski definition) is 1. The molecule has 31 heavy (non-hydrogen) atoms. The SMILES string of the molecule is Cc1ccc(C(=O)N2CCN(C(=O)CCc3ccc(S(=O)(=O)NC4CC4)cc3)CC2)s1. The quantitative estimate of drug-likeness (QED) is 0.686. The molecule has 1 N–H and O–H groups in total. The molecule has 4 rings (SSSR count). The topological polar surface area (TPSA) is 86.8 Å². The summed E-state index contributed by atoms with van der Waals surface area (Å²) in [5.74, 6) is 0.0996. The molecule has 1 aliphatic heterocycles. The molecule has 2 amide bonds. The van der Waals surface area contributed by atoms with Gasteiger partial charge in [0.05, 0.1) is 9.77 Å². The van der Waals surface area contributed by atoms with E-state index in [1.165, 1.54) is 11.3 Å². The summed E-state index contributed by atoms with van der Waals surface area (Å²) in [7, 11) is -3.45. The van der Waals surface area contributed by atoms with Crippen LogP contribution < -0.4 is 4.72 Å². The molecule has 0 atom stereocenters. The van der Waals surface area contributed by atoms with E-state index in [-0.39, 0.29) is 22.8 Å². The molecule has 0 spiro atoms. The number of amides is 2. The minimum atomic E-state index is -3.45. The molecule has 1 aromatic carbocycles. The fourth-order valence-electron chi connectivity index (χ4n) is 3.60. The van der Waals surface area contributed by atoms with Gasteiger partial charge < -0.3 is 9.80 Å². The second kappa shape index (κ2) is 9.10. The van der Waals surface area contributed by atoms with Crippen molar-refractivity contribution < 1.29 is 18.0 Å². The number of piperazine rings is 1. The minimum Gasteiger partial charge on any atom is -0.339 e. The van der Waals surface area contributed by atoms with Gasteiger partial charge in [-0.1, -0.05) is 12.1 Å². The number of benzene rings is 1. The molecule has 9 heteroatoms. The Morgan fingerprint density at radius 3 is 2.23 bits per heavy atom. The Morgan fingerprint density at radius 2 is 1.65 bits per heavy atom. The summed E-state index contributed by atoms with van der Waals surface area (Å²) in [6.07, 6.45) is 2.72. The average Bonchev–Trinajstić information content (AvgIpc) is 3.47. The Morgan fingerprint density at radius 1 is 1.00 bits per heavy atom. The normalized spacial score (nSPS) is 17.1. The highest BCUT2D eigenvalue weighted by molar-refractivity contribution is 7.89. The van der Waals surface area contributed by atoms with Gasteiger partial charge in [-0.15, -0.1) is 11.3 Å². The minimum absolute atomic E-state index is 0.0383. The Bertz CT molecular complexity index is 1050. The number of aryl methyl sites for hydroxylation is 2. The van der Waals surface area contributed by atoms with Crippen LogP contribution in [0.4, 0.5) is 0 Å². The van der Waals surface area contributed by atoms with Gasteiger partial charge in [0.25, 0.3) is 5.91 Å². The number of thiophene rings is 1. The standard InChI is InChI=1S/C22H27N3O4S2/c1-16-2-10-20(30-16)22(27)25-14-12-24(13-15-25)21(26)11-5-17-3-8-19(9-4-17)31(28,29)23-18-6-7-18/h2-4,8-10,18,23H,5-7,11-15H2,1H3. The van der Waals surface area contributed by atoms with E-state index in [9.17, 15) is 18.0 Å². The highest BCUT2D eigenvalue weighted by Crippen LogP contribution is 2.22. The van der Waals surface area contributed by atoms with Gasteiger partial charge in [0, 0.05) is 43.5 Å². The maximum absolute atomic E-state index is 12.6. The molecule has 2 aromatic rings. The number of hydrogen-bond acceptors (Lipinski definition) is 5. The molecule has 2 fully saturated rings. The molecule has 1 saturated heterocycles. The van der Waals surface area contributed by atoms with Crippen LogP contribution in [0.2, 0.25) is 0 Å². The lowest BCUT2D eigenvalue weighted by Gasteiger charge is -2.34. The summed E-state index contributed by atoms with van der Waals surface area (Å²) in [5, 5.41) is 0. The van der Waals surface area contributed by atoms with Crippen LogP contribution in [-0.4, -0.2) is 62.3 Å². The highest BCUT2D eigenvalue weighted by Gasteiger charge is 2.28. The lowest BCUT2D eigenvalue weighted by molar-refractivity contribution is -0.132. The van der Waals surface area contributed by atoms with Crippen molar-refractivity contribution in [3.63, 3.8) is 0 Å². The van der Waals surface area contributed by atoms with Crippen LogP contribution in [-0.2, 0) is 21.2 Å². The predicted molar refractivity (Wildman–Crippen MR) is 120 cm³/mol. The molecular formula is C22H27N3O4S2. The first-order chi connectivity index (χ1) is 14.8. The molecule has 0 unspecified atom stereocenters. The van der Waals surface area contributed by atoms with Crippen molar-refractivity contribution in [2.45, 2.75) is 43.5 Å². The van der Waals surface area contributed by atoms with E-state index in [0.29, 0.717) is 39.0 Å². The second-order valence-electron chi connectivity index (χ2n) is 8.12. The molecule has 1 aromatic heterocycles. The van der Waals surface area contributed by atoms with Gasteiger partial charge in [-0.25, -0.2) is 13.1 Å². The van der Waals surface area contributed by atoms with Crippen LogP contribution in [0.3, 0.4) is 0 Å². The van der Waals surface area contributed by atoms with Crippen LogP contribution in [0, 0.1) is 6.92 Å². The van der Waals surface area contributed by atoms with Gasteiger partial charge in [0.15, 0.2) is 0 Å². The van der Waals surface area contributed by atoms with Crippen LogP contribution in [0.25, 0.3) is 0 Å². The number of nitrogens with zero attached hydrogens (tertiary/aromatic N) is 2. The summed E-state index contributed by atoms with van der Waals surface area (Å²) in [6, 6.07) is 10.6. The third kappa shape index (κ3) is 5.53. The van der Waals surface area contributed by atoms with E-state index in [1.807, 2.05) is 28.9 Å². The Hall–Kier alpha value is -2.23. The molecule has 2 heterocycles. The van der Waals surface area contributed by atoms with Crippen molar-refractivity contribution >= 4 is 33.2 Å². The molecule has 1 aliphatic carbocycles. The Kier molecular flexibility index (Phi) is 6.45. The lowest BCUT2D eigenvalue weighted by atomic mass is 10.1. The van der Waals surface area contributed by atoms with Crippen molar-refractivity contribution in [2.75, 3.05) is 26.2 Å². The fourth-order valence-corrected chi connectivity index (χ4v) is 5.74. The first-order valence-electron chi connectivity index (χ1n) is 10.6. The largest absolute Gasteiger partial charge is 0.339 e. The van der Waals surface area contributed by atoms with Crippen LogP contribution in [0.1, 0.15) is 39.4 Å². The number of nitrogens with one attached hydrogen (secondary N) is 1. The zero-order chi connectivity index (χ0) is 22.0. The smallest absolute Gasteiger partial charge is 0.264 e. The predicted octanol–water partition coefficient (Wildman–Crippen LogP) is 2.41. The third-order valence-corrected chi connectivity index (χ3v) is 8.16. The Balaban J connectivity index is 1.24. The van der Waals surface area contributed by atoms with Crippen molar-refractivity contribution in [1.82, 2.24) is 14.5 Å². The first-order valence-corrected chi connectivity index (χ1v) is 12.9. The van der Waals surface area contributed by atoms with E-state index >= 15 is 0 Å². The van der Waals surface area contributed by atoms with Gasteiger partial charge >= 0.3 is 0 Å². The Labute approximate surface area is 187 Å². The van der Waals surface area contributed by atoms with Gasteiger partial charge in [0.2, 0.25) is 15.9 Å². The summed E-state index contributed by atoms with van der Waals surface area (Å²) in [5.41, 5.74) is 0.931. The number of carbonyl (C=O) groups excluding carboxylic acids is 2. The number of carbonyl (C=O) groups is 2. The summed E-state index contributed by atoms with van der Waals surface area (Å²) in [6.45, 7) is 4.15. The summed E-state index contributed by atoms with van der Waals surface area (Å²) in [4.78, 5) is 30.9. The number of rotatable bonds is 7. The first kappa shape index (κ1) is 22.0. The van der Waals surface area contributed by atoms with E-state index in [0.717, 1.165) is 28.2 Å². The molecule has 2 aliphatic rings. The van der Waals surface area contributed by atoms with Gasteiger partial charge in [0.1, 0.15) is 0 Å². The fraction of sp³-hybridized carbons (Fsp3) is 0.455. The van der Waals surface area contributed by atoms with Crippen molar-refractivity contribution in [1.29, 1.82) is 0 Å². The molecule has 0 radical (unpaired) electrons. The van der Waals surface area contributed by atoms with E-state index < -0.39 is 10.0 Å². The van der Waals surface area contributed by atoms with Crippen LogP contribution in [0.5, 0.6) is 0 Å². The van der Waals surface area contributed by atoms with E-state index in [2.05, 4.69) is 4.72 Å². The van der Waals surface area contributed by atoms with Crippen LogP contribution >= 0.6 is 11.3 Å². The summed E-state index contributed by atoms with van der Waals surface area (Å²) >= 11 is 1.50. The third-order valence-electron chi connectivity index (χ3n) is 5.63. The highest BCUT2D eigenvalue weighted by atomic mass is 32.2. The zero-order valence-corrected chi connectivity index (χ0v) is 19.2. The van der Waals surface area contributed by atoms with E-state index in [1.54, 1.807) is 24.3 Å². The maximum atomic E-state index is 12.6. The zero-order valence-electron chi connectivity index (χ0n) is 17.5. The summed E-state index contributed by atoms with van der Waals surface area (Å²) < 4.78 is 27.1. The molecule has 7 nitrogen and oxygen atoms in total. The lowest BCUT2D eigenvalue weighted by Crippen LogP contribution is -2.50. The monoisotopic (exact) mass is 461 g/mol. The second-order valence-corrected chi connectivity index (χ2v) is 11.1. The van der Waals surface area contributed by atoms with Gasteiger partial charge in [-0.05, 0) is 56.0 Å². The number of sulfonamides is 1. The maximum Gasteiger partial charge on any atom is 0.264 e. The van der Waals surface area contributed by atoms with Crippen molar-refractivity contribution in [2.24, 2.45) is 0 Å². The molecule has 166 valence electrons. The van der Waals surface area contributed by atoms with Gasteiger partial charge in [-0.2, -0.15) is 0 Å². The molecule has 0 bridgehead atoms. The van der Waals surface area contributed by atoms with Crippen molar-refractivity contribution in [3.8, 4) is 0 Å². The molecule has 1 saturated carbocycles. The van der Waals surface area contributed by atoms with E-state index in [4.69, 9.17) is 0 Å². The van der Waals surface area contributed by atoms with Crippen molar-refractivity contribution in [3.05, 3.63) is 51.7 Å². The average molecular weight is 462 g/mol. The molecular weight excluding hydrogens is 434 g/mol.